The molecule has 0 bridgehead atoms. The topological polar surface area (TPSA) is 27.7 Å². The highest BCUT2D eigenvalue weighted by Gasteiger charge is 2.40. The van der Waals surface area contributed by atoms with Crippen LogP contribution in [0.25, 0.3) is 0 Å². The van der Waals surface area contributed by atoms with Crippen LogP contribution >= 0.6 is 0 Å². The summed E-state index contributed by atoms with van der Waals surface area (Å²) in [6.45, 7) is 3.91. The van der Waals surface area contributed by atoms with Crippen LogP contribution in [0.15, 0.2) is 12.1 Å². The van der Waals surface area contributed by atoms with Crippen molar-refractivity contribution in [2.24, 2.45) is 5.92 Å². The summed E-state index contributed by atoms with van der Waals surface area (Å²) in [5.41, 5.74) is -0.798. The smallest absolute Gasteiger partial charge is 0.164 e. The Bertz CT molecular complexity index is 592. The summed E-state index contributed by atoms with van der Waals surface area (Å²) >= 11 is 0. The molecule has 25 heavy (non-hydrogen) atoms. The predicted molar refractivity (Wildman–Crippen MR) is 87.0 cm³/mol. The van der Waals surface area contributed by atoms with E-state index in [2.05, 4.69) is 0 Å². The first-order chi connectivity index (χ1) is 12.0. The van der Waals surface area contributed by atoms with E-state index in [1.165, 1.54) is 0 Å². The minimum absolute atomic E-state index is 0.0203. The second-order valence-electron chi connectivity index (χ2n) is 6.95. The van der Waals surface area contributed by atoms with Crippen LogP contribution in [0.4, 0.5) is 13.2 Å². The van der Waals surface area contributed by atoms with Gasteiger partial charge in [0.1, 0.15) is 0 Å². The summed E-state index contributed by atoms with van der Waals surface area (Å²) in [7, 11) is 0. The van der Waals surface area contributed by atoms with Crippen molar-refractivity contribution in [3.05, 3.63) is 34.9 Å². The van der Waals surface area contributed by atoms with E-state index < -0.39 is 29.7 Å². The van der Waals surface area contributed by atoms with Gasteiger partial charge in [0.05, 0.1) is 25.9 Å². The quantitative estimate of drug-likeness (QED) is 0.794. The Morgan fingerprint density at radius 1 is 1.04 bits per heavy atom. The molecule has 1 aromatic rings. The molecule has 6 heteroatoms. The van der Waals surface area contributed by atoms with Crippen molar-refractivity contribution in [3.8, 4) is 0 Å². The van der Waals surface area contributed by atoms with E-state index >= 15 is 0 Å². The predicted octanol–water partition coefficient (Wildman–Crippen LogP) is 4.49. The fraction of sp³-hybridized carbons (Fsp3) is 0.684. The maximum absolute atomic E-state index is 14.3. The molecule has 2 aliphatic heterocycles. The van der Waals surface area contributed by atoms with Crippen LogP contribution in [0.1, 0.15) is 50.3 Å². The van der Waals surface area contributed by atoms with Crippen molar-refractivity contribution in [3.63, 3.8) is 0 Å². The Balaban J connectivity index is 1.59. The van der Waals surface area contributed by atoms with E-state index in [4.69, 9.17) is 14.2 Å². The lowest BCUT2D eigenvalue weighted by Crippen LogP contribution is -2.47. The SMILES string of the molecule is CCc1ccc(C2CCC(C3OCC(F)(CC)CO3)CO2)c(F)c1F. The van der Waals surface area contributed by atoms with Crippen LogP contribution in [0.3, 0.4) is 0 Å². The van der Waals surface area contributed by atoms with Gasteiger partial charge < -0.3 is 14.2 Å². The van der Waals surface area contributed by atoms with Gasteiger partial charge in [-0.3, -0.25) is 0 Å². The fourth-order valence-electron chi connectivity index (χ4n) is 3.39. The van der Waals surface area contributed by atoms with Crippen LogP contribution in [0, 0.1) is 17.6 Å². The van der Waals surface area contributed by atoms with Gasteiger partial charge >= 0.3 is 0 Å². The monoisotopic (exact) mass is 358 g/mol. The number of halogens is 3. The summed E-state index contributed by atoms with van der Waals surface area (Å²) in [5, 5.41) is 0. The van der Waals surface area contributed by atoms with Crippen LogP contribution < -0.4 is 0 Å². The minimum Gasteiger partial charge on any atom is -0.373 e. The lowest BCUT2D eigenvalue weighted by molar-refractivity contribution is -0.265. The van der Waals surface area contributed by atoms with E-state index in [0.29, 0.717) is 37.9 Å². The maximum Gasteiger partial charge on any atom is 0.164 e. The average molecular weight is 358 g/mol. The molecule has 2 aliphatic rings. The Morgan fingerprint density at radius 2 is 1.76 bits per heavy atom. The normalized spacial score (nSPS) is 33.4. The molecule has 0 spiro atoms. The number of hydrogen-bond acceptors (Lipinski definition) is 3. The third-order valence-electron chi connectivity index (χ3n) is 5.26. The molecule has 2 atom stereocenters. The Hall–Kier alpha value is -1.11. The fourth-order valence-corrected chi connectivity index (χ4v) is 3.39. The van der Waals surface area contributed by atoms with Crippen molar-refractivity contribution in [2.45, 2.75) is 57.6 Å². The number of benzene rings is 1. The molecule has 2 fully saturated rings. The van der Waals surface area contributed by atoms with E-state index in [9.17, 15) is 13.2 Å². The Morgan fingerprint density at radius 3 is 2.32 bits per heavy atom. The first-order valence-corrected chi connectivity index (χ1v) is 8.98. The van der Waals surface area contributed by atoms with Gasteiger partial charge in [-0.1, -0.05) is 26.0 Å². The first kappa shape index (κ1) is 18.7. The molecule has 140 valence electrons. The van der Waals surface area contributed by atoms with Crippen molar-refractivity contribution < 1.29 is 27.4 Å². The summed E-state index contributed by atoms with van der Waals surface area (Å²) in [6, 6.07) is 3.22. The summed E-state index contributed by atoms with van der Waals surface area (Å²) in [6.07, 6.45) is 1.06. The number of alkyl halides is 1. The number of ether oxygens (including phenoxy) is 3. The molecule has 0 saturated carbocycles. The Labute approximate surface area is 146 Å². The maximum atomic E-state index is 14.3. The number of hydrogen-bond donors (Lipinski definition) is 0. The molecule has 0 aliphatic carbocycles. The lowest BCUT2D eigenvalue weighted by Gasteiger charge is -2.39. The number of aryl methyl sites for hydroxylation is 1. The standard InChI is InChI=1S/C19H25F3O3/c1-3-12-5-7-14(17(21)16(12)20)15-8-6-13(9-23-15)18-24-10-19(22,4-2)11-25-18/h5,7,13,15,18H,3-4,6,8-11H2,1-2H3. The van der Waals surface area contributed by atoms with Gasteiger partial charge in [-0.15, -0.1) is 0 Å². The molecule has 0 radical (unpaired) electrons. The average Bonchev–Trinajstić information content (AvgIpc) is 2.65. The van der Waals surface area contributed by atoms with Crippen LogP contribution in [-0.2, 0) is 20.6 Å². The van der Waals surface area contributed by atoms with Crippen LogP contribution in [-0.4, -0.2) is 31.8 Å². The lowest BCUT2D eigenvalue weighted by atomic mass is 9.92. The highest BCUT2D eigenvalue weighted by atomic mass is 19.2. The van der Waals surface area contributed by atoms with E-state index in [-0.39, 0.29) is 24.7 Å². The molecule has 3 nitrogen and oxygen atoms in total. The number of rotatable bonds is 4. The molecular formula is C19H25F3O3. The molecule has 2 saturated heterocycles. The van der Waals surface area contributed by atoms with E-state index in [1.807, 2.05) is 0 Å². The van der Waals surface area contributed by atoms with Gasteiger partial charge in [-0.25, -0.2) is 13.2 Å². The molecule has 0 aromatic heterocycles. The largest absolute Gasteiger partial charge is 0.373 e. The highest BCUT2D eigenvalue weighted by molar-refractivity contribution is 5.28. The molecule has 1 aromatic carbocycles. The zero-order valence-corrected chi connectivity index (χ0v) is 14.7. The second kappa shape index (κ2) is 7.64. The molecular weight excluding hydrogens is 333 g/mol. The summed E-state index contributed by atoms with van der Waals surface area (Å²) < 4.78 is 59.2. The minimum atomic E-state index is -1.42. The van der Waals surface area contributed by atoms with Crippen molar-refractivity contribution in [1.82, 2.24) is 0 Å². The van der Waals surface area contributed by atoms with Crippen molar-refractivity contribution in [2.75, 3.05) is 19.8 Å². The van der Waals surface area contributed by atoms with Crippen LogP contribution in [0.2, 0.25) is 0 Å². The zero-order valence-electron chi connectivity index (χ0n) is 14.7. The first-order valence-electron chi connectivity index (χ1n) is 8.98. The highest BCUT2D eigenvalue weighted by Crippen LogP contribution is 2.37. The third-order valence-corrected chi connectivity index (χ3v) is 5.26. The Kier molecular flexibility index (Phi) is 5.71. The molecule has 3 rings (SSSR count). The van der Waals surface area contributed by atoms with Gasteiger partial charge in [0.15, 0.2) is 23.6 Å². The van der Waals surface area contributed by atoms with Gasteiger partial charge in [-0.05, 0) is 31.2 Å². The molecule has 2 unspecified atom stereocenters. The third kappa shape index (κ3) is 3.86. The van der Waals surface area contributed by atoms with Gasteiger partial charge in [0.2, 0.25) is 0 Å². The van der Waals surface area contributed by atoms with Crippen LogP contribution in [0.5, 0.6) is 0 Å². The van der Waals surface area contributed by atoms with Gasteiger partial charge in [0, 0.05) is 11.5 Å². The second-order valence-corrected chi connectivity index (χ2v) is 6.95. The molecule has 0 N–H and O–H groups in total. The summed E-state index contributed by atoms with van der Waals surface area (Å²) in [4.78, 5) is 0. The van der Waals surface area contributed by atoms with Crippen molar-refractivity contribution >= 4 is 0 Å². The molecule has 0 amide bonds. The van der Waals surface area contributed by atoms with Gasteiger partial charge in [0.25, 0.3) is 0 Å². The van der Waals surface area contributed by atoms with Gasteiger partial charge in [-0.2, -0.15) is 0 Å². The van der Waals surface area contributed by atoms with Crippen molar-refractivity contribution in [1.29, 1.82) is 0 Å². The van der Waals surface area contributed by atoms with E-state index in [0.717, 1.165) is 0 Å². The summed E-state index contributed by atoms with van der Waals surface area (Å²) in [5.74, 6) is -1.64. The zero-order chi connectivity index (χ0) is 18.0. The van der Waals surface area contributed by atoms with E-state index in [1.54, 1.807) is 26.0 Å². The molecule has 2 heterocycles.